The Morgan fingerprint density at radius 2 is 1.77 bits per heavy atom. The Labute approximate surface area is 201 Å². The summed E-state index contributed by atoms with van der Waals surface area (Å²) < 4.78 is 9.54. The zero-order valence-electron chi connectivity index (χ0n) is 19.3. The van der Waals surface area contributed by atoms with Crippen LogP contribution in [0.25, 0.3) is 16.9 Å². The third-order valence-corrected chi connectivity index (χ3v) is 5.40. The van der Waals surface area contributed by atoms with Gasteiger partial charge in [-0.15, -0.1) is 5.10 Å². The Balaban J connectivity index is 1.37. The maximum atomic E-state index is 11.5. The number of primary amides is 1. The SMILES string of the molecule is C=C(C(N)=O)c1cccc(Oc2cccc3nc(Nc4ccc(-n5nc(C)cc5C)cc4)nn23)c1. The lowest BCUT2D eigenvalue weighted by Crippen LogP contribution is -2.11. The zero-order valence-corrected chi connectivity index (χ0v) is 19.3. The van der Waals surface area contributed by atoms with Crippen LogP contribution in [0.1, 0.15) is 17.0 Å². The van der Waals surface area contributed by atoms with Crippen LogP contribution in [-0.2, 0) is 4.79 Å². The van der Waals surface area contributed by atoms with Crippen LogP contribution in [0.4, 0.5) is 11.6 Å². The number of rotatable bonds is 7. The van der Waals surface area contributed by atoms with Gasteiger partial charge in [-0.2, -0.15) is 14.6 Å². The molecule has 5 rings (SSSR count). The highest BCUT2D eigenvalue weighted by molar-refractivity contribution is 6.17. The second-order valence-electron chi connectivity index (χ2n) is 8.05. The van der Waals surface area contributed by atoms with E-state index >= 15 is 0 Å². The minimum Gasteiger partial charge on any atom is -0.439 e. The summed E-state index contributed by atoms with van der Waals surface area (Å²) >= 11 is 0. The molecule has 0 aliphatic heterocycles. The fourth-order valence-electron chi connectivity index (χ4n) is 3.73. The third kappa shape index (κ3) is 4.47. The Bertz CT molecular complexity index is 1560. The van der Waals surface area contributed by atoms with E-state index in [0.29, 0.717) is 28.8 Å². The van der Waals surface area contributed by atoms with Crippen LogP contribution in [0.2, 0.25) is 0 Å². The molecule has 3 aromatic heterocycles. The number of amides is 1. The minimum absolute atomic E-state index is 0.213. The van der Waals surface area contributed by atoms with E-state index in [1.54, 1.807) is 34.8 Å². The average molecular weight is 466 g/mol. The first-order valence-corrected chi connectivity index (χ1v) is 10.9. The predicted molar refractivity (Wildman–Crippen MR) is 134 cm³/mol. The van der Waals surface area contributed by atoms with Gasteiger partial charge in [0, 0.05) is 23.0 Å². The monoisotopic (exact) mass is 465 g/mol. The van der Waals surface area contributed by atoms with Gasteiger partial charge in [0.1, 0.15) is 5.75 Å². The molecular weight excluding hydrogens is 442 g/mol. The molecule has 0 saturated carbocycles. The van der Waals surface area contributed by atoms with Crippen LogP contribution in [0.5, 0.6) is 11.6 Å². The van der Waals surface area contributed by atoms with Crippen LogP contribution in [0.3, 0.4) is 0 Å². The second kappa shape index (κ2) is 8.79. The molecular formula is C26H23N7O2. The van der Waals surface area contributed by atoms with Crippen molar-refractivity contribution in [3.63, 3.8) is 0 Å². The first kappa shape index (κ1) is 21.9. The summed E-state index contributed by atoms with van der Waals surface area (Å²) in [7, 11) is 0. The van der Waals surface area contributed by atoms with Crippen LogP contribution < -0.4 is 15.8 Å². The molecule has 0 aliphatic rings. The lowest BCUT2D eigenvalue weighted by atomic mass is 10.1. The molecule has 1 amide bonds. The van der Waals surface area contributed by atoms with Crippen molar-refractivity contribution in [2.75, 3.05) is 5.32 Å². The summed E-state index contributed by atoms with van der Waals surface area (Å²) in [5, 5.41) is 12.3. The Morgan fingerprint density at radius 1 is 1.00 bits per heavy atom. The van der Waals surface area contributed by atoms with Crippen molar-refractivity contribution in [2.45, 2.75) is 13.8 Å². The van der Waals surface area contributed by atoms with Crippen LogP contribution in [0, 0.1) is 13.8 Å². The van der Waals surface area contributed by atoms with Crippen molar-refractivity contribution in [3.8, 4) is 17.3 Å². The van der Waals surface area contributed by atoms with Gasteiger partial charge in [0.05, 0.1) is 11.4 Å². The Morgan fingerprint density at radius 3 is 2.49 bits per heavy atom. The number of aromatic nitrogens is 5. The number of aryl methyl sites for hydroxylation is 2. The molecule has 3 heterocycles. The fourth-order valence-corrected chi connectivity index (χ4v) is 3.73. The van der Waals surface area contributed by atoms with Gasteiger partial charge >= 0.3 is 0 Å². The smallest absolute Gasteiger partial charge is 0.248 e. The standard InChI is InChI=1S/C26H23N7O2/c1-16-14-17(2)32(30-16)21-12-10-20(11-13-21)28-26-29-23-8-5-9-24(33(23)31-26)35-22-7-4-6-19(15-22)18(3)25(27)34/h4-15H,3H2,1-2H3,(H2,27,34)(H,28,31). The summed E-state index contributed by atoms with van der Waals surface area (Å²) in [6.45, 7) is 7.72. The van der Waals surface area contributed by atoms with E-state index in [0.717, 1.165) is 22.8 Å². The topological polar surface area (TPSA) is 112 Å². The summed E-state index contributed by atoms with van der Waals surface area (Å²) in [6, 6.07) is 22.3. The van der Waals surface area contributed by atoms with Gasteiger partial charge in [0.15, 0.2) is 5.65 Å². The normalized spacial score (nSPS) is 10.9. The molecule has 0 aliphatic carbocycles. The molecule has 9 heteroatoms. The van der Waals surface area contributed by atoms with E-state index in [-0.39, 0.29) is 5.57 Å². The average Bonchev–Trinajstić information content (AvgIpc) is 3.41. The minimum atomic E-state index is -0.584. The van der Waals surface area contributed by atoms with Crippen LogP contribution in [-0.4, -0.2) is 30.3 Å². The third-order valence-electron chi connectivity index (χ3n) is 5.40. The number of benzene rings is 2. The molecule has 0 saturated heterocycles. The van der Waals surface area contributed by atoms with Gasteiger partial charge in [-0.05, 0) is 67.9 Å². The molecule has 3 N–H and O–H groups in total. The molecule has 5 aromatic rings. The second-order valence-corrected chi connectivity index (χ2v) is 8.05. The molecule has 0 unspecified atom stereocenters. The molecule has 0 fully saturated rings. The maximum Gasteiger partial charge on any atom is 0.248 e. The van der Waals surface area contributed by atoms with Gasteiger partial charge in [0.25, 0.3) is 0 Å². The van der Waals surface area contributed by atoms with Gasteiger partial charge in [0.2, 0.25) is 17.7 Å². The quantitative estimate of drug-likeness (QED) is 0.341. The van der Waals surface area contributed by atoms with E-state index < -0.39 is 5.91 Å². The van der Waals surface area contributed by atoms with Crippen molar-refractivity contribution in [2.24, 2.45) is 5.73 Å². The maximum absolute atomic E-state index is 11.5. The van der Waals surface area contributed by atoms with E-state index in [1.165, 1.54) is 0 Å². The van der Waals surface area contributed by atoms with E-state index in [1.807, 2.05) is 61.0 Å². The lowest BCUT2D eigenvalue weighted by molar-refractivity contribution is -0.112. The summed E-state index contributed by atoms with van der Waals surface area (Å²) in [5.74, 6) is 0.821. The van der Waals surface area contributed by atoms with Crippen LogP contribution >= 0.6 is 0 Å². The highest BCUT2D eigenvalue weighted by atomic mass is 16.5. The number of hydrogen-bond donors (Lipinski definition) is 2. The lowest BCUT2D eigenvalue weighted by Gasteiger charge is -2.09. The van der Waals surface area contributed by atoms with Crippen molar-refractivity contribution in [3.05, 3.63) is 96.3 Å². The number of pyridine rings is 1. The molecule has 174 valence electrons. The Kier molecular flexibility index (Phi) is 5.50. The highest BCUT2D eigenvalue weighted by Gasteiger charge is 2.11. The van der Waals surface area contributed by atoms with Crippen molar-refractivity contribution in [1.29, 1.82) is 0 Å². The molecule has 2 aromatic carbocycles. The predicted octanol–water partition coefficient (Wildman–Crippen LogP) is 4.57. The van der Waals surface area contributed by atoms with Crippen LogP contribution in [0.15, 0.2) is 79.4 Å². The summed E-state index contributed by atoms with van der Waals surface area (Å²) in [6.07, 6.45) is 0. The number of ether oxygens (including phenoxy) is 1. The molecule has 0 bridgehead atoms. The molecule has 0 atom stereocenters. The number of carbonyl (C=O) groups excluding carboxylic acids is 1. The zero-order chi connectivity index (χ0) is 24.5. The first-order chi connectivity index (χ1) is 16.9. The highest BCUT2D eigenvalue weighted by Crippen LogP contribution is 2.26. The fraction of sp³-hybridized carbons (Fsp3) is 0.0769. The number of nitrogens with two attached hydrogens (primary N) is 1. The number of hydrogen-bond acceptors (Lipinski definition) is 6. The van der Waals surface area contributed by atoms with Crippen molar-refractivity contribution >= 4 is 28.8 Å². The molecule has 0 spiro atoms. The first-order valence-electron chi connectivity index (χ1n) is 10.9. The molecule has 0 radical (unpaired) electrons. The number of carbonyl (C=O) groups is 1. The summed E-state index contributed by atoms with van der Waals surface area (Å²) in [4.78, 5) is 16.0. The molecule has 35 heavy (non-hydrogen) atoms. The van der Waals surface area contributed by atoms with Crippen molar-refractivity contribution < 1.29 is 9.53 Å². The van der Waals surface area contributed by atoms with Gasteiger partial charge in [-0.1, -0.05) is 24.8 Å². The number of nitrogens with one attached hydrogen (secondary N) is 1. The van der Waals surface area contributed by atoms with Gasteiger partial charge in [-0.25, -0.2) is 4.68 Å². The number of nitrogens with zero attached hydrogens (tertiary/aromatic N) is 5. The summed E-state index contributed by atoms with van der Waals surface area (Å²) in [5.41, 5.74) is 10.6. The van der Waals surface area contributed by atoms with Gasteiger partial charge in [-0.3, -0.25) is 4.79 Å². The van der Waals surface area contributed by atoms with E-state index in [2.05, 4.69) is 27.1 Å². The molecule has 9 nitrogen and oxygen atoms in total. The van der Waals surface area contributed by atoms with E-state index in [9.17, 15) is 4.79 Å². The number of anilines is 2. The van der Waals surface area contributed by atoms with E-state index in [4.69, 9.17) is 10.5 Å². The Hall–Kier alpha value is -4.92. The largest absolute Gasteiger partial charge is 0.439 e. The number of fused-ring (bicyclic) bond motifs is 1. The van der Waals surface area contributed by atoms with Gasteiger partial charge < -0.3 is 15.8 Å². The van der Waals surface area contributed by atoms with Crippen molar-refractivity contribution in [1.82, 2.24) is 24.4 Å².